The molecule has 0 bridgehead atoms. The second-order valence-electron chi connectivity index (χ2n) is 5.76. The lowest BCUT2D eigenvalue weighted by molar-refractivity contribution is 0.337. The standard InChI is InChI=1S/C16H20N6O2S/c1-4-23-13-8-6-5-7-12(13)22-16(18-20-21-22)25-10-14-17-15(24-19-14)9-11(2)3/h5-8,11H,4,9-10H2,1-3H3. The van der Waals surface area contributed by atoms with Gasteiger partial charge in [-0.15, -0.1) is 5.10 Å². The Labute approximate surface area is 150 Å². The number of thioether (sulfide) groups is 1. The smallest absolute Gasteiger partial charge is 0.226 e. The summed E-state index contributed by atoms with van der Waals surface area (Å²) in [5.41, 5.74) is 0.797. The van der Waals surface area contributed by atoms with Crippen LogP contribution in [0.15, 0.2) is 33.9 Å². The average molecular weight is 360 g/mol. The van der Waals surface area contributed by atoms with Gasteiger partial charge >= 0.3 is 0 Å². The summed E-state index contributed by atoms with van der Waals surface area (Å²) in [6.45, 7) is 6.74. The highest BCUT2D eigenvalue weighted by atomic mass is 32.2. The molecule has 2 heterocycles. The minimum absolute atomic E-state index is 0.475. The second kappa shape index (κ2) is 8.11. The molecular weight excluding hydrogens is 340 g/mol. The molecule has 0 amide bonds. The highest BCUT2D eigenvalue weighted by Crippen LogP contribution is 2.27. The molecule has 132 valence electrons. The molecule has 1 aromatic carbocycles. The molecule has 0 unspecified atom stereocenters. The lowest BCUT2D eigenvalue weighted by Gasteiger charge is -2.10. The Morgan fingerprint density at radius 1 is 1.28 bits per heavy atom. The fraction of sp³-hybridized carbons (Fsp3) is 0.438. The Morgan fingerprint density at radius 2 is 2.12 bits per heavy atom. The summed E-state index contributed by atoms with van der Waals surface area (Å²) >= 11 is 1.45. The number of aromatic nitrogens is 6. The first-order chi connectivity index (χ1) is 12.2. The number of rotatable bonds is 8. The van der Waals surface area contributed by atoms with Crippen LogP contribution in [-0.2, 0) is 12.2 Å². The van der Waals surface area contributed by atoms with Crippen LogP contribution < -0.4 is 4.74 Å². The molecular formula is C16H20N6O2S. The number of nitrogens with zero attached hydrogens (tertiary/aromatic N) is 6. The number of benzene rings is 1. The summed E-state index contributed by atoms with van der Waals surface area (Å²) in [4.78, 5) is 4.40. The molecule has 0 radical (unpaired) electrons. The molecule has 9 heteroatoms. The van der Waals surface area contributed by atoms with Crippen LogP contribution in [0.5, 0.6) is 5.75 Å². The molecule has 0 spiro atoms. The molecule has 0 atom stereocenters. The monoisotopic (exact) mass is 360 g/mol. The minimum Gasteiger partial charge on any atom is -0.492 e. The van der Waals surface area contributed by atoms with Crippen molar-refractivity contribution in [1.82, 2.24) is 30.3 Å². The predicted octanol–water partition coefficient (Wildman–Crippen LogP) is 2.93. The lowest BCUT2D eigenvalue weighted by Crippen LogP contribution is -2.03. The van der Waals surface area contributed by atoms with Crippen LogP contribution in [0.25, 0.3) is 5.69 Å². The maximum absolute atomic E-state index is 5.65. The van der Waals surface area contributed by atoms with E-state index in [9.17, 15) is 0 Å². The Balaban J connectivity index is 1.73. The van der Waals surface area contributed by atoms with E-state index in [1.54, 1.807) is 4.68 Å². The molecule has 0 N–H and O–H groups in total. The average Bonchev–Trinajstić information content (AvgIpc) is 3.22. The number of tetrazole rings is 1. The summed E-state index contributed by atoms with van der Waals surface area (Å²) in [6, 6.07) is 7.65. The third-order valence-electron chi connectivity index (χ3n) is 3.26. The third kappa shape index (κ3) is 4.36. The molecule has 0 aliphatic carbocycles. The topological polar surface area (TPSA) is 91.8 Å². The van der Waals surface area contributed by atoms with E-state index in [1.807, 2.05) is 31.2 Å². The van der Waals surface area contributed by atoms with E-state index < -0.39 is 0 Å². The normalized spacial score (nSPS) is 11.2. The van der Waals surface area contributed by atoms with E-state index in [1.165, 1.54) is 11.8 Å². The number of ether oxygens (including phenoxy) is 1. The zero-order valence-corrected chi connectivity index (χ0v) is 15.2. The van der Waals surface area contributed by atoms with Gasteiger partial charge in [0.25, 0.3) is 0 Å². The molecule has 25 heavy (non-hydrogen) atoms. The molecule has 3 aromatic rings. The van der Waals surface area contributed by atoms with Gasteiger partial charge in [-0.1, -0.05) is 42.9 Å². The fourth-order valence-electron chi connectivity index (χ4n) is 2.24. The number of para-hydroxylation sites is 2. The van der Waals surface area contributed by atoms with Gasteiger partial charge in [-0.3, -0.25) is 0 Å². The zero-order valence-electron chi connectivity index (χ0n) is 14.4. The van der Waals surface area contributed by atoms with Crippen LogP contribution in [0.4, 0.5) is 0 Å². The van der Waals surface area contributed by atoms with Crippen molar-refractivity contribution in [3.05, 3.63) is 36.0 Å². The van der Waals surface area contributed by atoms with E-state index in [0.717, 1.165) is 17.9 Å². The molecule has 2 aromatic heterocycles. The maximum Gasteiger partial charge on any atom is 0.226 e. The Hall–Kier alpha value is -2.42. The van der Waals surface area contributed by atoms with Gasteiger partial charge < -0.3 is 9.26 Å². The van der Waals surface area contributed by atoms with Crippen LogP contribution >= 0.6 is 11.8 Å². The quantitative estimate of drug-likeness (QED) is 0.566. The molecule has 0 saturated carbocycles. The first-order valence-corrected chi connectivity index (χ1v) is 9.10. The van der Waals surface area contributed by atoms with Gasteiger partial charge in [0, 0.05) is 6.42 Å². The summed E-state index contributed by atoms with van der Waals surface area (Å²) in [5, 5.41) is 16.6. The molecule has 0 aliphatic heterocycles. The Morgan fingerprint density at radius 3 is 2.92 bits per heavy atom. The van der Waals surface area contributed by atoms with Gasteiger partial charge in [-0.25, -0.2) is 0 Å². The van der Waals surface area contributed by atoms with Gasteiger partial charge in [-0.05, 0) is 35.4 Å². The van der Waals surface area contributed by atoms with Crippen molar-refractivity contribution in [3.63, 3.8) is 0 Å². The minimum atomic E-state index is 0.475. The summed E-state index contributed by atoms with van der Waals surface area (Å²) in [5.74, 6) is 3.03. The van der Waals surface area contributed by atoms with Gasteiger partial charge in [-0.2, -0.15) is 9.67 Å². The predicted molar refractivity (Wildman–Crippen MR) is 92.7 cm³/mol. The van der Waals surface area contributed by atoms with E-state index >= 15 is 0 Å². The molecule has 0 aliphatic rings. The fourth-order valence-corrected chi connectivity index (χ4v) is 2.97. The Bertz CT molecular complexity index is 816. The summed E-state index contributed by atoms with van der Waals surface area (Å²) < 4.78 is 12.6. The van der Waals surface area contributed by atoms with Crippen molar-refractivity contribution >= 4 is 11.8 Å². The summed E-state index contributed by atoms with van der Waals surface area (Å²) in [6.07, 6.45) is 0.775. The first kappa shape index (κ1) is 17.4. The van der Waals surface area contributed by atoms with Gasteiger partial charge in [0.2, 0.25) is 11.0 Å². The lowest BCUT2D eigenvalue weighted by atomic mass is 10.1. The highest BCUT2D eigenvalue weighted by molar-refractivity contribution is 7.98. The van der Waals surface area contributed by atoms with E-state index in [0.29, 0.717) is 35.1 Å². The zero-order chi connectivity index (χ0) is 17.6. The van der Waals surface area contributed by atoms with E-state index in [4.69, 9.17) is 9.26 Å². The van der Waals surface area contributed by atoms with Crippen molar-refractivity contribution in [2.45, 2.75) is 38.1 Å². The van der Waals surface area contributed by atoms with Crippen LogP contribution in [0, 0.1) is 5.92 Å². The maximum atomic E-state index is 5.65. The van der Waals surface area contributed by atoms with Gasteiger partial charge in [0.1, 0.15) is 11.4 Å². The van der Waals surface area contributed by atoms with Crippen molar-refractivity contribution in [1.29, 1.82) is 0 Å². The number of hydrogen-bond donors (Lipinski definition) is 0. The van der Waals surface area contributed by atoms with Crippen molar-refractivity contribution in [3.8, 4) is 11.4 Å². The largest absolute Gasteiger partial charge is 0.492 e. The third-order valence-corrected chi connectivity index (χ3v) is 4.17. The Kier molecular flexibility index (Phi) is 5.64. The molecule has 8 nitrogen and oxygen atoms in total. The van der Waals surface area contributed by atoms with Gasteiger partial charge in [0.05, 0.1) is 12.4 Å². The molecule has 0 fully saturated rings. The summed E-state index contributed by atoms with van der Waals surface area (Å²) in [7, 11) is 0. The van der Waals surface area contributed by atoms with Crippen molar-refractivity contribution in [2.75, 3.05) is 6.61 Å². The number of hydrogen-bond acceptors (Lipinski definition) is 8. The first-order valence-electron chi connectivity index (χ1n) is 8.12. The van der Waals surface area contributed by atoms with E-state index in [2.05, 4.69) is 39.5 Å². The van der Waals surface area contributed by atoms with Crippen LogP contribution in [0.2, 0.25) is 0 Å². The highest BCUT2D eigenvalue weighted by Gasteiger charge is 2.15. The molecule has 0 saturated heterocycles. The van der Waals surface area contributed by atoms with Gasteiger partial charge in [0.15, 0.2) is 5.82 Å². The SMILES string of the molecule is CCOc1ccccc1-n1nnnc1SCc1noc(CC(C)C)n1. The van der Waals surface area contributed by atoms with Crippen LogP contribution in [0.3, 0.4) is 0 Å². The second-order valence-corrected chi connectivity index (χ2v) is 6.71. The van der Waals surface area contributed by atoms with E-state index in [-0.39, 0.29) is 0 Å². The molecule has 3 rings (SSSR count). The van der Waals surface area contributed by atoms with Crippen molar-refractivity contribution < 1.29 is 9.26 Å². The van der Waals surface area contributed by atoms with Crippen LogP contribution in [0.1, 0.15) is 32.5 Å². The van der Waals surface area contributed by atoms with Crippen LogP contribution in [-0.4, -0.2) is 37.0 Å². The van der Waals surface area contributed by atoms with Crippen molar-refractivity contribution in [2.24, 2.45) is 5.92 Å².